The first-order valence-electron chi connectivity index (χ1n) is 7.83. The number of hydrogen-bond acceptors (Lipinski definition) is 4. The Labute approximate surface area is 131 Å². The average molecular weight is 322 g/mol. The fourth-order valence-corrected chi connectivity index (χ4v) is 4.53. The van der Waals surface area contributed by atoms with Gasteiger partial charge in [-0.2, -0.15) is 0 Å². The van der Waals surface area contributed by atoms with Gasteiger partial charge in [-0.05, 0) is 30.4 Å². The summed E-state index contributed by atoms with van der Waals surface area (Å²) in [5.41, 5.74) is 2.55. The van der Waals surface area contributed by atoms with Crippen LogP contribution in [-0.2, 0) is 21.1 Å². The second-order valence-corrected chi connectivity index (χ2v) is 8.44. The molecule has 1 N–H and O–H groups in total. The molecule has 1 aliphatic carbocycles. The lowest BCUT2D eigenvalue weighted by molar-refractivity contribution is -0.123. The van der Waals surface area contributed by atoms with E-state index in [1.165, 1.54) is 11.1 Å². The molecule has 0 saturated carbocycles. The summed E-state index contributed by atoms with van der Waals surface area (Å²) in [5, 5.41) is 3.11. The molecule has 3 rings (SSSR count). The Hall–Kier alpha value is -1.40. The summed E-state index contributed by atoms with van der Waals surface area (Å²) in [4.78, 5) is 14.2. The van der Waals surface area contributed by atoms with Crippen LogP contribution in [0.15, 0.2) is 24.3 Å². The van der Waals surface area contributed by atoms with Crippen LogP contribution in [-0.4, -0.2) is 50.4 Å². The number of sulfone groups is 1. The lowest BCUT2D eigenvalue weighted by Crippen LogP contribution is -2.46. The van der Waals surface area contributed by atoms with E-state index in [9.17, 15) is 13.2 Å². The molecule has 120 valence electrons. The largest absolute Gasteiger partial charge is 0.348 e. The number of fused-ring (bicyclic) bond motifs is 1. The highest BCUT2D eigenvalue weighted by molar-refractivity contribution is 7.91. The molecule has 1 aromatic carbocycles. The van der Waals surface area contributed by atoms with Gasteiger partial charge in [-0.25, -0.2) is 8.42 Å². The fourth-order valence-electron chi connectivity index (χ4n) is 3.26. The summed E-state index contributed by atoms with van der Waals surface area (Å²) < 4.78 is 22.8. The van der Waals surface area contributed by atoms with E-state index in [4.69, 9.17) is 0 Å². The second kappa shape index (κ2) is 6.38. The van der Waals surface area contributed by atoms with Gasteiger partial charge in [0.2, 0.25) is 5.91 Å². The highest BCUT2D eigenvalue weighted by Gasteiger charge is 2.25. The van der Waals surface area contributed by atoms with Crippen LogP contribution in [0.2, 0.25) is 0 Å². The first-order valence-corrected chi connectivity index (χ1v) is 9.65. The summed E-state index contributed by atoms with van der Waals surface area (Å²) in [5.74, 6) is 0.306. The molecule has 1 fully saturated rings. The van der Waals surface area contributed by atoms with Gasteiger partial charge in [-0.3, -0.25) is 9.69 Å². The molecular weight excluding hydrogens is 300 g/mol. The quantitative estimate of drug-likeness (QED) is 0.898. The summed E-state index contributed by atoms with van der Waals surface area (Å²) >= 11 is 0. The van der Waals surface area contributed by atoms with Crippen molar-refractivity contribution in [1.82, 2.24) is 10.2 Å². The molecule has 1 aromatic rings. The maximum Gasteiger partial charge on any atom is 0.234 e. The minimum atomic E-state index is -2.89. The molecule has 0 bridgehead atoms. The molecule has 0 radical (unpaired) electrons. The molecule has 6 heteroatoms. The van der Waals surface area contributed by atoms with Gasteiger partial charge < -0.3 is 5.32 Å². The number of benzene rings is 1. The van der Waals surface area contributed by atoms with Crippen molar-refractivity contribution in [2.45, 2.75) is 25.3 Å². The Morgan fingerprint density at radius 3 is 2.73 bits per heavy atom. The van der Waals surface area contributed by atoms with Gasteiger partial charge in [0, 0.05) is 13.1 Å². The molecule has 0 spiro atoms. The standard InChI is InChI=1S/C16H22N2O3S/c19-16(12-18-8-10-22(20,21)11-9-18)17-15-7-3-5-13-4-1-2-6-14(13)15/h1-2,4,6,15H,3,5,7-12H2,(H,17,19)/t15-/m0/s1. The number of carbonyl (C=O) groups is 1. The summed E-state index contributed by atoms with van der Waals surface area (Å²) in [6, 6.07) is 8.36. The van der Waals surface area contributed by atoms with Crippen molar-refractivity contribution in [1.29, 1.82) is 0 Å². The Balaban J connectivity index is 1.57. The summed E-state index contributed by atoms with van der Waals surface area (Å²) in [6.45, 7) is 1.20. The lowest BCUT2D eigenvalue weighted by atomic mass is 9.88. The zero-order chi connectivity index (χ0) is 15.6. The molecule has 1 amide bonds. The predicted molar refractivity (Wildman–Crippen MR) is 85.4 cm³/mol. The normalized spacial score (nSPS) is 24.5. The van der Waals surface area contributed by atoms with Crippen LogP contribution >= 0.6 is 0 Å². The van der Waals surface area contributed by atoms with E-state index in [0.29, 0.717) is 13.1 Å². The maximum absolute atomic E-state index is 12.2. The molecule has 0 unspecified atom stereocenters. The third kappa shape index (κ3) is 3.67. The van der Waals surface area contributed by atoms with Gasteiger partial charge in [-0.1, -0.05) is 24.3 Å². The summed E-state index contributed by atoms with van der Waals surface area (Å²) in [7, 11) is -2.89. The molecule has 1 atom stereocenters. The monoisotopic (exact) mass is 322 g/mol. The molecule has 5 nitrogen and oxygen atoms in total. The minimum absolute atomic E-state index is 0.0130. The summed E-state index contributed by atoms with van der Waals surface area (Å²) in [6.07, 6.45) is 3.13. The molecule has 2 aliphatic rings. The predicted octanol–water partition coefficient (Wildman–Crippen LogP) is 0.911. The molecule has 22 heavy (non-hydrogen) atoms. The Bertz CT molecular complexity index is 643. The van der Waals surface area contributed by atoms with Crippen LogP contribution in [0.1, 0.15) is 30.0 Å². The SMILES string of the molecule is O=C(CN1CCS(=O)(=O)CC1)N[C@H]1CCCc2ccccc21. The topological polar surface area (TPSA) is 66.5 Å². The maximum atomic E-state index is 12.2. The van der Waals surface area contributed by atoms with Gasteiger partial charge in [-0.15, -0.1) is 0 Å². The van der Waals surface area contributed by atoms with Crippen molar-refractivity contribution in [3.8, 4) is 0 Å². The van der Waals surface area contributed by atoms with Crippen molar-refractivity contribution in [3.05, 3.63) is 35.4 Å². The number of rotatable bonds is 3. The number of nitrogens with zero attached hydrogens (tertiary/aromatic N) is 1. The highest BCUT2D eigenvalue weighted by atomic mass is 32.2. The van der Waals surface area contributed by atoms with E-state index < -0.39 is 9.84 Å². The number of hydrogen-bond donors (Lipinski definition) is 1. The zero-order valence-electron chi connectivity index (χ0n) is 12.6. The average Bonchev–Trinajstić information content (AvgIpc) is 2.50. The molecule has 0 aromatic heterocycles. The van der Waals surface area contributed by atoms with Gasteiger partial charge >= 0.3 is 0 Å². The number of aryl methyl sites for hydroxylation is 1. The molecule has 1 saturated heterocycles. The lowest BCUT2D eigenvalue weighted by Gasteiger charge is -2.29. The van der Waals surface area contributed by atoms with E-state index in [1.54, 1.807) is 0 Å². The Morgan fingerprint density at radius 1 is 1.23 bits per heavy atom. The Morgan fingerprint density at radius 2 is 1.95 bits per heavy atom. The van der Waals surface area contributed by atoms with E-state index in [0.717, 1.165) is 19.3 Å². The van der Waals surface area contributed by atoms with Crippen LogP contribution in [0.4, 0.5) is 0 Å². The smallest absolute Gasteiger partial charge is 0.234 e. The molecule has 1 heterocycles. The van der Waals surface area contributed by atoms with Gasteiger partial charge in [0.05, 0.1) is 24.1 Å². The number of amides is 1. The minimum Gasteiger partial charge on any atom is -0.348 e. The van der Waals surface area contributed by atoms with Crippen LogP contribution < -0.4 is 5.32 Å². The van der Waals surface area contributed by atoms with Crippen LogP contribution in [0.5, 0.6) is 0 Å². The van der Waals surface area contributed by atoms with E-state index in [2.05, 4.69) is 17.4 Å². The van der Waals surface area contributed by atoms with Crippen molar-refractivity contribution in [2.24, 2.45) is 0 Å². The van der Waals surface area contributed by atoms with Crippen molar-refractivity contribution in [2.75, 3.05) is 31.1 Å². The van der Waals surface area contributed by atoms with E-state index in [1.807, 2.05) is 17.0 Å². The third-order valence-corrected chi connectivity index (χ3v) is 6.12. The van der Waals surface area contributed by atoms with Gasteiger partial charge in [0.15, 0.2) is 9.84 Å². The Kier molecular flexibility index (Phi) is 4.49. The van der Waals surface area contributed by atoms with Crippen molar-refractivity contribution >= 4 is 15.7 Å². The first kappa shape index (κ1) is 15.5. The first-order chi connectivity index (χ1) is 10.5. The van der Waals surface area contributed by atoms with E-state index in [-0.39, 0.29) is 30.0 Å². The van der Waals surface area contributed by atoms with E-state index >= 15 is 0 Å². The number of nitrogens with one attached hydrogen (secondary N) is 1. The fraction of sp³-hybridized carbons (Fsp3) is 0.562. The van der Waals surface area contributed by atoms with Crippen LogP contribution in [0.25, 0.3) is 0 Å². The van der Waals surface area contributed by atoms with Gasteiger partial charge in [0.25, 0.3) is 0 Å². The molecule has 1 aliphatic heterocycles. The molecular formula is C16H22N2O3S. The zero-order valence-corrected chi connectivity index (χ0v) is 13.4. The van der Waals surface area contributed by atoms with Crippen LogP contribution in [0, 0.1) is 0 Å². The van der Waals surface area contributed by atoms with Crippen molar-refractivity contribution < 1.29 is 13.2 Å². The highest BCUT2D eigenvalue weighted by Crippen LogP contribution is 2.29. The van der Waals surface area contributed by atoms with Crippen molar-refractivity contribution in [3.63, 3.8) is 0 Å². The van der Waals surface area contributed by atoms with Gasteiger partial charge in [0.1, 0.15) is 0 Å². The third-order valence-electron chi connectivity index (χ3n) is 4.51. The second-order valence-electron chi connectivity index (χ2n) is 6.14. The van der Waals surface area contributed by atoms with Crippen LogP contribution in [0.3, 0.4) is 0 Å². The number of carbonyl (C=O) groups excluding carboxylic acids is 1.